The number of nitrogens with zero attached hydrogens (tertiary/aromatic N) is 1. The smallest absolute Gasteiger partial charge is 0.174 e. The van der Waals surface area contributed by atoms with E-state index in [1.807, 2.05) is 25.1 Å². The third-order valence-electron chi connectivity index (χ3n) is 3.55. The summed E-state index contributed by atoms with van der Waals surface area (Å²) in [6.07, 6.45) is 3.66. The molecular formula is C16H13NO2. The van der Waals surface area contributed by atoms with Crippen LogP contribution in [-0.4, -0.2) is 16.6 Å². The van der Waals surface area contributed by atoms with Gasteiger partial charge in [-0.25, -0.2) is 0 Å². The SMILES string of the molecule is Cc1ccc2c(c1)C(=O)C(C(=O)c1ccncc1)C2. The lowest BCUT2D eigenvalue weighted by Crippen LogP contribution is -2.20. The Morgan fingerprint density at radius 1 is 1.21 bits per heavy atom. The fraction of sp³-hybridized carbons (Fsp3) is 0.188. The van der Waals surface area contributed by atoms with Gasteiger partial charge in [-0.05, 0) is 37.1 Å². The summed E-state index contributed by atoms with van der Waals surface area (Å²) in [5.74, 6) is -0.735. The van der Waals surface area contributed by atoms with Crippen molar-refractivity contribution in [3.63, 3.8) is 0 Å². The maximum Gasteiger partial charge on any atom is 0.174 e. The Hall–Kier alpha value is -2.29. The second-order valence-corrected chi connectivity index (χ2v) is 4.88. The van der Waals surface area contributed by atoms with Crippen molar-refractivity contribution in [3.8, 4) is 0 Å². The highest BCUT2D eigenvalue weighted by molar-refractivity contribution is 6.18. The minimum Gasteiger partial charge on any atom is -0.293 e. The number of aryl methyl sites for hydroxylation is 1. The van der Waals surface area contributed by atoms with Gasteiger partial charge in [0.25, 0.3) is 0 Å². The second kappa shape index (κ2) is 4.43. The van der Waals surface area contributed by atoms with Crippen LogP contribution in [0.25, 0.3) is 0 Å². The predicted molar refractivity (Wildman–Crippen MR) is 71.3 cm³/mol. The zero-order valence-corrected chi connectivity index (χ0v) is 10.6. The first kappa shape index (κ1) is 11.8. The van der Waals surface area contributed by atoms with Crippen molar-refractivity contribution in [1.82, 2.24) is 4.98 Å². The zero-order valence-electron chi connectivity index (χ0n) is 10.6. The van der Waals surface area contributed by atoms with E-state index < -0.39 is 5.92 Å². The van der Waals surface area contributed by atoms with E-state index in [1.165, 1.54) is 0 Å². The van der Waals surface area contributed by atoms with Gasteiger partial charge < -0.3 is 0 Å². The molecule has 1 aliphatic carbocycles. The normalized spacial score (nSPS) is 17.3. The molecule has 0 saturated heterocycles. The third kappa shape index (κ3) is 1.97. The minimum absolute atomic E-state index is 0.0551. The minimum atomic E-state index is -0.570. The van der Waals surface area contributed by atoms with Crippen LogP contribution in [0.15, 0.2) is 42.7 Å². The molecule has 0 N–H and O–H groups in total. The van der Waals surface area contributed by atoms with Gasteiger partial charge in [-0.15, -0.1) is 0 Å². The molecule has 3 heteroatoms. The van der Waals surface area contributed by atoms with Gasteiger partial charge in [-0.1, -0.05) is 17.7 Å². The Morgan fingerprint density at radius 3 is 2.68 bits per heavy atom. The number of benzene rings is 1. The van der Waals surface area contributed by atoms with Crippen molar-refractivity contribution < 1.29 is 9.59 Å². The Balaban J connectivity index is 1.94. The van der Waals surface area contributed by atoms with Crippen LogP contribution in [0.5, 0.6) is 0 Å². The molecule has 1 aromatic carbocycles. The van der Waals surface area contributed by atoms with Crippen molar-refractivity contribution in [3.05, 3.63) is 65.0 Å². The van der Waals surface area contributed by atoms with Gasteiger partial charge >= 0.3 is 0 Å². The van der Waals surface area contributed by atoms with Crippen molar-refractivity contribution >= 4 is 11.6 Å². The summed E-state index contributed by atoms with van der Waals surface area (Å²) in [6.45, 7) is 1.95. The van der Waals surface area contributed by atoms with E-state index in [0.717, 1.165) is 11.1 Å². The number of ketones is 2. The fourth-order valence-electron chi connectivity index (χ4n) is 2.53. The lowest BCUT2D eigenvalue weighted by atomic mass is 9.95. The van der Waals surface area contributed by atoms with Gasteiger partial charge in [0.1, 0.15) is 0 Å². The lowest BCUT2D eigenvalue weighted by Gasteiger charge is -2.06. The molecule has 1 aromatic heterocycles. The molecule has 0 fully saturated rings. The van der Waals surface area contributed by atoms with Gasteiger partial charge in [0.05, 0.1) is 5.92 Å². The van der Waals surface area contributed by atoms with Gasteiger partial charge in [-0.2, -0.15) is 0 Å². The van der Waals surface area contributed by atoms with E-state index in [0.29, 0.717) is 17.5 Å². The molecule has 94 valence electrons. The van der Waals surface area contributed by atoms with Crippen LogP contribution in [0.4, 0.5) is 0 Å². The molecule has 0 saturated carbocycles. The summed E-state index contributed by atoms with van der Waals surface area (Å²) in [4.78, 5) is 28.6. The van der Waals surface area contributed by atoms with E-state index in [-0.39, 0.29) is 11.6 Å². The molecule has 0 amide bonds. The average Bonchev–Trinajstić information content (AvgIpc) is 2.76. The van der Waals surface area contributed by atoms with E-state index in [4.69, 9.17) is 0 Å². The van der Waals surface area contributed by atoms with E-state index >= 15 is 0 Å². The van der Waals surface area contributed by atoms with E-state index in [9.17, 15) is 9.59 Å². The van der Waals surface area contributed by atoms with Gasteiger partial charge in [0.2, 0.25) is 0 Å². The Kier molecular flexibility index (Phi) is 2.75. The summed E-state index contributed by atoms with van der Waals surface area (Å²) in [6, 6.07) is 9.11. The number of hydrogen-bond donors (Lipinski definition) is 0. The van der Waals surface area contributed by atoms with Gasteiger partial charge in [-0.3, -0.25) is 14.6 Å². The van der Waals surface area contributed by atoms with Crippen molar-refractivity contribution in [1.29, 1.82) is 0 Å². The Bertz CT molecular complexity index is 662. The molecule has 2 aromatic rings. The lowest BCUT2D eigenvalue weighted by molar-refractivity contribution is 0.0822. The Morgan fingerprint density at radius 2 is 1.95 bits per heavy atom. The van der Waals surface area contributed by atoms with Crippen molar-refractivity contribution in [2.75, 3.05) is 0 Å². The van der Waals surface area contributed by atoms with Gasteiger partial charge in [0.15, 0.2) is 11.6 Å². The molecule has 1 aliphatic rings. The largest absolute Gasteiger partial charge is 0.293 e. The van der Waals surface area contributed by atoms with Crippen LogP contribution in [0.3, 0.4) is 0 Å². The summed E-state index contributed by atoms with van der Waals surface area (Å²) in [5, 5.41) is 0. The number of carbonyl (C=O) groups excluding carboxylic acids is 2. The molecule has 0 bridgehead atoms. The zero-order chi connectivity index (χ0) is 13.4. The average molecular weight is 251 g/mol. The Labute approximate surface area is 111 Å². The number of rotatable bonds is 2. The maximum absolute atomic E-state index is 12.4. The molecular weight excluding hydrogens is 238 g/mol. The second-order valence-electron chi connectivity index (χ2n) is 4.88. The standard InChI is InChI=1S/C16H13NO2/c1-10-2-3-12-9-14(16(19)13(12)8-10)15(18)11-4-6-17-7-5-11/h2-8,14H,9H2,1H3. The summed E-state index contributed by atoms with van der Waals surface area (Å²) >= 11 is 0. The fourth-order valence-corrected chi connectivity index (χ4v) is 2.53. The summed E-state index contributed by atoms with van der Waals surface area (Å²) in [7, 11) is 0. The first-order valence-electron chi connectivity index (χ1n) is 6.25. The molecule has 19 heavy (non-hydrogen) atoms. The molecule has 1 atom stereocenters. The maximum atomic E-state index is 12.4. The number of aromatic nitrogens is 1. The third-order valence-corrected chi connectivity index (χ3v) is 3.55. The first-order valence-corrected chi connectivity index (χ1v) is 6.25. The van der Waals surface area contributed by atoms with Crippen LogP contribution >= 0.6 is 0 Å². The number of hydrogen-bond acceptors (Lipinski definition) is 3. The topological polar surface area (TPSA) is 47.0 Å². The van der Waals surface area contributed by atoms with Crippen molar-refractivity contribution in [2.24, 2.45) is 5.92 Å². The molecule has 0 spiro atoms. The monoisotopic (exact) mass is 251 g/mol. The van der Waals surface area contributed by atoms with Gasteiger partial charge in [0, 0.05) is 23.5 Å². The van der Waals surface area contributed by atoms with Crippen LogP contribution in [-0.2, 0) is 6.42 Å². The number of carbonyl (C=O) groups is 2. The highest BCUT2D eigenvalue weighted by Gasteiger charge is 2.35. The van der Waals surface area contributed by atoms with Crippen LogP contribution < -0.4 is 0 Å². The van der Waals surface area contributed by atoms with Crippen LogP contribution in [0, 0.1) is 12.8 Å². The predicted octanol–water partition coefficient (Wildman–Crippen LogP) is 2.63. The van der Waals surface area contributed by atoms with Crippen molar-refractivity contribution in [2.45, 2.75) is 13.3 Å². The van der Waals surface area contributed by atoms with Crippen LogP contribution in [0.1, 0.15) is 31.8 Å². The summed E-state index contributed by atoms with van der Waals surface area (Å²) in [5.41, 5.74) is 3.28. The molecule has 0 radical (unpaired) electrons. The molecule has 1 heterocycles. The molecule has 0 aliphatic heterocycles. The highest BCUT2D eigenvalue weighted by Crippen LogP contribution is 2.29. The molecule has 1 unspecified atom stereocenters. The quantitative estimate of drug-likeness (QED) is 0.609. The number of fused-ring (bicyclic) bond motifs is 1. The summed E-state index contributed by atoms with van der Waals surface area (Å²) < 4.78 is 0. The molecule has 3 rings (SSSR count). The number of pyridine rings is 1. The molecule has 3 nitrogen and oxygen atoms in total. The van der Waals surface area contributed by atoms with E-state index in [1.54, 1.807) is 24.5 Å². The first-order chi connectivity index (χ1) is 9.16. The highest BCUT2D eigenvalue weighted by atomic mass is 16.2. The van der Waals surface area contributed by atoms with E-state index in [2.05, 4.69) is 4.98 Å². The number of Topliss-reactive ketones (excluding diaryl/α,β-unsaturated/α-hetero) is 2. The van der Waals surface area contributed by atoms with Crippen LogP contribution in [0.2, 0.25) is 0 Å².